The number of unbranched alkanes of at least 4 members (excludes halogenated alkanes) is 19. The van der Waals surface area contributed by atoms with Gasteiger partial charge in [0.2, 0.25) is 0 Å². The Bertz CT molecular complexity index is 635. The van der Waals surface area contributed by atoms with Crippen LogP contribution in [0.3, 0.4) is 0 Å². The molecule has 0 aromatic carbocycles. The number of aliphatic hydroxyl groups is 2. The normalized spacial score (nSPS) is 14.5. The topological polar surface area (TPSA) is 132 Å². The van der Waals surface area contributed by atoms with Crippen LogP contribution in [0.4, 0.5) is 0 Å². The van der Waals surface area contributed by atoms with E-state index in [4.69, 9.17) is 19.1 Å². The van der Waals surface area contributed by atoms with Gasteiger partial charge in [0.05, 0.1) is 26.4 Å². The summed E-state index contributed by atoms with van der Waals surface area (Å²) in [6, 6.07) is 0. The lowest BCUT2D eigenvalue weighted by molar-refractivity contribution is -0.154. The van der Waals surface area contributed by atoms with Crippen molar-refractivity contribution in [2.75, 3.05) is 33.0 Å². The summed E-state index contributed by atoms with van der Waals surface area (Å²) in [7, 11) is -4.47. The van der Waals surface area contributed by atoms with Gasteiger partial charge in [0.25, 0.3) is 0 Å². The Labute approximate surface area is 257 Å². The third-order valence-electron chi connectivity index (χ3n) is 7.26. The third-order valence-corrected chi connectivity index (χ3v) is 8.21. The molecule has 0 aliphatic carbocycles. The van der Waals surface area contributed by atoms with Crippen molar-refractivity contribution in [2.45, 2.75) is 167 Å². The highest BCUT2D eigenvalue weighted by Gasteiger charge is 2.26. The molecule has 0 saturated carbocycles. The molecule has 0 rings (SSSR count). The van der Waals surface area contributed by atoms with Crippen LogP contribution in [0, 0.1) is 0 Å². The number of carbonyl (C=O) groups excluding carboxylic acids is 1. The molecular weight excluding hydrogens is 559 g/mol. The first-order valence-corrected chi connectivity index (χ1v) is 18.5. The maximum atomic E-state index is 12.0. The molecular formula is C32H65O9P. The van der Waals surface area contributed by atoms with Crippen LogP contribution in [0.2, 0.25) is 0 Å². The highest BCUT2D eigenvalue weighted by atomic mass is 31.2. The summed E-state index contributed by atoms with van der Waals surface area (Å²) in [6.45, 7) is 3.15. The largest absolute Gasteiger partial charge is 0.472 e. The van der Waals surface area contributed by atoms with Crippen molar-refractivity contribution in [3.05, 3.63) is 0 Å². The Hall–Kier alpha value is -0.540. The number of phosphoric ester groups is 1. The molecule has 10 heteroatoms. The van der Waals surface area contributed by atoms with Crippen molar-refractivity contribution < 1.29 is 43.0 Å². The van der Waals surface area contributed by atoms with E-state index in [0.29, 0.717) is 13.0 Å². The number of aliphatic hydroxyl groups excluding tert-OH is 2. The predicted octanol–water partition coefficient (Wildman–Crippen LogP) is 8.02. The van der Waals surface area contributed by atoms with Gasteiger partial charge >= 0.3 is 13.8 Å². The summed E-state index contributed by atoms with van der Waals surface area (Å²) in [6.07, 6.45) is 25.3. The Balaban J connectivity index is 3.72. The number of rotatable bonds is 33. The molecule has 3 N–H and O–H groups in total. The standard InChI is InChI=1S/C32H65O9P/c1-3-5-6-7-8-9-10-11-12-13-14-15-16-17-18-19-20-21-22-23-25-38-28-31(41-32(35)24-4-2)29-40-42(36,37)39-27-30(34)26-33/h30-31,33-34H,3-29H2,1-2H3,(H,36,37)/t30-,31+/m0/s1. The Morgan fingerprint density at radius 1 is 0.643 bits per heavy atom. The summed E-state index contributed by atoms with van der Waals surface area (Å²) in [4.78, 5) is 21.6. The molecule has 0 aliphatic heterocycles. The molecule has 1 unspecified atom stereocenters. The minimum atomic E-state index is -4.47. The molecule has 0 fully saturated rings. The lowest BCUT2D eigenvalue weighted by Gasteiger charge is -2.20. The number of hydrogen-bond donors (Lipinski definition) is 3. The molecule has 0 heterocycles. The molecule has 0 bridgehead atoms. The highest BCUT2D eigenvalue weighted by molar-refractivity contribution is 7.47. The Morgan fingerprint density at radius 3 is 1.50 bits per heavy atom. The molecule has 0 radical (unpaired) electrons. The van der Waals surface area contributed by atoms with Crippen LogP contribution in [0.25, 0.3) is 0 Å². The molecule has 9 nitrogen and oxygen atoms in total. The van der Waals surface area contributed by atoms with Gasteiger partial charge in [0.15, 0.2) is 0 Å². The van der Waals surface area contributed by atoms with Gasteiger partial charge < -0.3 is 24.6 Å². The summed E-state index contributed by atoms with van der Waals surface area (Å²) in [5.41, 5.74) is 0. The molecule has 0 saturated heterocycles. The quantitative estimate of drug-likeness (QED) is 0.0377. The highest BCUT2D eigenvalue weighted by Crippen LogP contribution is 2.43. The van der Waals surface area contributed by atoms with E-state index in [1.807, 2.05) is 6.92 Å². The number of carbonyl (C=O) groups is 1. The minimum Gasteiger partial charge on any atom is -0.457 e. The first kappa shape index (κ1) is 41.5. The molecule has 42 heavy (non-hydrogen) atoms. The van der Waals surface area contributed by atoms with E-state index in [2.05, 4.69) is 11.4 Å². The van der Waals surface area contributed by atoms with Crippen LogP contribution in [0.1, 0.15) is 155 Å². The van der Waals surface area contributed by atoms with Crippen LogP contribution in [0.15, 0.2) is 0 Å². The van der Waals surface area contributed by atoms with Crippen LogP contribution in [-0.2, 0) is 27.9 Å². The SMILES string of the molecule is CCCCCCCCCCCCCCCCCCCCCCOC[C@H](COP(=O)(O)OC[C@@H](O)CO)OC(=O)CCC. The van der Waals surface area contributed by atoms with Crippen molar-refractivity contribution >= 4 is 13.8 Å². The average molecular weight is 625 g/mol. The van der Waals surface area contributed by atoms with Gasteiger partial charge in [0, 0.05) is 13.0 Å². The fraction of sp³-hybridized carbons (Fsp3) is 0.969. The van der Waals surface area contributed by atoms with Gasteiger partial charge in [-0.3, -0.25) is 13.8 Å². The maximum Gasteiger partial charge on any atom is 0.472 e. The summed E-state index contributed by atoms with van der Waals surface area (Å²) < 4.78 is 32.5. The van der Waals surface area contributed by atoms with E-state index in [-0.39, 0.29) is 19.6 Å². The van der Waals surface area contributed by atoms with Gasteiger partial charge in [0.1, 0.15) is 12.2 Å². The van der Waals surface area contributed by atoms with E-state index < -0.39 is 39.2 Å². The van der Waals surface area contributed by atoms with Crippen LogP contribution in [0.5, 0.6) is 0 Å². The molecule has 0 aromatic rings. The predicted molar refractivity (Wildman–Crippen MR) is 168 cm³/mol. The summed E-state index contributed by atoms with van der Waals surface area (Å²) in [5.74, 6) is -0.433. The van der Waals surface area contributed by atoms with Crippen LogP contribution < -0.4 is 0 Å². The van der Waals surface area contributed by atoms with Gasteiger partial charge in [-0.1, -0.05) is 136 Å². The second kappa shape index (κ2) is 30.5. The van der Waals surface area contributed by atoms with Gasteiger partial charge in [-0.25, -0.2) is 4.57 Å². The maximum absolute atomic E-state index is 12.0. The number of esters is 1. The fourth-order valence-corrected chi connectivity index (χ4v) is 5.48. The lowest BCUT2D eigenvalue weighted by Crippen LogP contribution is -2.28. The third kappa shape index (κ3) is 29.5. The second-order valence-corrected chi connectivity index (χ2v) is 13.0. The second-order valence-electron chi connectivity index (χ2n) is 11.6. The Kier molecular flexibility index (Phi) is 30.1. The van der Waals surface area contributed by atoms with Crippen LogP contribution >= 0.6 is 7.82 Å². The van der Waals surface area contributed by atoms with E-state index >= 15 is 0 Å². The average Bonchev–Trinajstić information content (AvgIpc) is 2.97. The molecule has 0 aliphatic rings. The van der Waals surface area contributed by atoms with E-state index in [1.165, 1.54) is 116 Å². The van der Waals surface area contributed by atoms with Crippen molar-refractivity contribution in [3.8, 4) is 0 Å². The number of hydrogen-bond acceptors (Lipinski definition) is 8. The van der Waals surface area contributed by atoms with Crippen molar-refractivity contribution in [3.63, 3.8) is 0 Å². The summed E-state index contributed by atoms with van der Waals surface area (Å²) in [5, 5.41) is 18.0. The molecule has 0 amide bonds. The molecule has 3 atom stereocenters. The number of ether oxygens (including phenoxy) is 2. The first-order valence-electron chi connectivity index (χ1n) is 17.0. The molecule has 0 spiro atoms. The fourth-order valence-electron chi connectivity index (χ4n) is 4.69. The molecule has 0 aromatic heterocycles. The minimum absolute atomic E-state index is 0.0494. The van der Waals surface area contributed by atoms with Crippen molar-refractivity contribution in [2.24, 2.45) is 0 Å². The first-order chi connectivity index (χ1) is 20.3. The van der Waals surface area contributed by atoms with E-state index in [1.54, 1.807) is 0 Å². The zero-order valence-electron chi connectivity index (χ0n) is 27.0. The monoisotopic (exact) mass is 624 g/mol. The van der Waals surface area contributed by atoms with Crippen molar-refractivity contribution in [1.29, 1.82) is 0 Å². The summed E-state index contributed by atoms with van der Waals surface area (Å²) >= 11 is 0. The van der Waals surface area contributed by atoms with Gasteiger partial charge in [-0.05, 0) is 12.8 Å². The number of phosphoric acid groups is 1. The van der Waals surface area contributed by atoms with Crippen molar-refractivity contribution in [1.82, 2.24) is 0 Å². The van der Waals surface area contributed by atoms with Gasteiger partial charge in [-0.15, -0.1) is 0 Å². The van der Waals surface area contributed by atoms with Crippen LogP contribution in [-0.4, -0.2) is 66.3 Å². The van der Waals surface area contributed by atoms with Gasteiger partial charge in [-0.2, -0.15) is 0 Å². The zero-order chi connectivity index (χ0) is 31.2. The van der Waals surface area contributed by atoms with E-state index in [0.717, 1.165) is 12.8 Å². The zero-order valence-corrected chi connectivity index (χ0v) is 27.9. The Morgan fingerprint density at radius 2 is 1.07 bits per heavy atom. The lowest BCUT2D eigenvalue weighted by atomic mass is 10.0. The van der Waals surface area contributed by atoms with E-state index in [9.17, 15) is 19.4 Å². The molecule has 252 valence electrons. The smallest absolute Gasteiger partial charge is 0.457 e.